The lowest BCUT2D eigenvalue weighted by atomic mass is 10.1. The molecule has 0 saturated carbocycles. The highest BCUT2D eigenvalue weighted by Crippen LogP contribution is 2.24. The Bertz CT molecular complexity index is 631. The van der Waals surface area contributed by atoms with E-state index < -0.39 is 16.2 Å². The monoisotopic (exact) mass is 351 g/mol. The fourth-order valence-electron chi connectivity index (χ4n) is 2.90. The highest BCUT2D eigenvalue weighted by Gasteiger charge is 2.31. The Morgan fingerprint density at radius 2 is 2.09 bits per heavy atom. The van der Waals surface area contributed by atoms with E-state index in [4.69, 9.17) is 0 Å². The molecule has 0 aromatic heterocycles. The van der Waals surface area contributed by atoms with E-state index in [0.717, 1.165) is 24.9 Å². The van der Waals surface area contributed by atoms with Crippen LogP contribution in [0.15, 0.2) is 24.3 Å². The quantitative estimate of drug-likeness (QED) is 0.790. The lowest BCUT2D eigenvalue weighted by Gasteiger charge is -2.23. The summed E-state index contributed by atoms with van der Waals surface area (Å²) >= 11 is 0. The Hall–Kier alpha value is -1.28. The van der Waals surface area contributed by atoms with E-state index in [9.17, 15) is 21.6 Å². The number of halogens is 3. The van der Waals surface area contributed by atoms with E-state index in [1.54, 1.807) is 6.07 Å². The van der Waals surface area contributed by atoms with Crippen LogP contribution in [0.25, 0.3) is 0 Å². The van der Waals surface area contributed by atoms with Gasteiger partial charge in [-0.1, -0.05) is 12.1 Å². The van der Waals surface area contributed by atoms with Crippen molar-refractivity contribution in [2.75, 3.05) is 25.1 Å². The molecule has 0 amide bonds. The number of likely N-dealkylation sites (tertiary alicyclic amines) is 1. The molecule has 8 heteroatoms. The van der Waals surface area contributed by atoms with Crippen molar-refractivity contribution >= 4 is 9.84 Å². The number of benzene rings is 1. The predicted octanol–water partition coefficient (Wildman–Crippen LogP) is 2.64. The molecule has 1 aliphatic heterocycles. The average molecular weight is 351 g/mol. The molecule has 1 aliphatic rings. The molecule has 1 saturated heterocycles. The second-order valence-corrected chi connectivity index (χ2v) is 8.05. The van der Waals surface area contributed by atoms with E-state index in [2.05, 4.69) is 9.64 Å². The summed E-state index contributed by atoms with van der Waals surface area (Å²) in [5.41, 5.74) is 0.733. The summed E-state index contributed by atoms with van der Waals surface area (Å²) in [5.74, 6) is -0.103. The van der Waals surface area contributed by atoms with Crippen molar-refractivity contribution in [3.8, 4) is 5.75 Å². The minimum atomic E-state index is -4.70. The van der Waals surface area contributed by atoms with Crippen LogP contribution in [-0.4, -0.2) is 50.8 Å². The maximum atomic E-state index is 12.2. The topological polar surface area (TPSA) is 46.6 Å². The second kappa shape index (κ2) is 7.09. The minimum Gasteiger partial charge on any atom is -0.406 e. The molecule has 1 aromatic carbocycles. The van der Waals surface area contributed by atoms with Gasteiger partial charge in [0, 0.05) is 18.8 Å². The second-order valence-electron chi connectivity index (χ2n) is 5.87. The van der Waals surface area contributed by atoms with Crippen molar-refractivity contribution < 1.29 is 26.3 Å². The van der Waals surface area contributed by atoms with Crippen LogP contribution in [0.2, 0.25) is 0 Å². The zero-order valence-electron chi connectivity index (χ0n) is 12.8. The Labute approximate surface area is 134 Å². The molecule has 0 radical (unpaired) electrons. The van der Waals surface area contributed by atoms with Crippen molar-refractivity contribution in [3.63, 3.8) is 0 Å². The predicted molar refractivity (Wildman–Crippen MR) is 81.1 cm³/mol. The normalized spacial score (nSPS) is 19.9. The third-order valence-electron chi connectivity index (χ3n) is 3.81. The molecule has 0 N–H and O–H groups in total. The fraction of sp³-hybridized carbons (Fsp3) is 0.600. The third-order valence-corrected chi connectivity index (χ3v) is 4.80. The molecule has 1 atom stereocenters. The van der Waals surface area contributed by atoms with Crippen LogP contribution in [0.1, 0.15) is 18.4 Å². The summed E-state index contributed by atoms with van der Waals surface area (Å²) < 4.78 is 63.5. The van der Waals surface area contributed by atoms with E-state index in [0.29, 0.717) is 13.0 Å². The molecule has 4 nitrogen and oxygen atoms in total. The highest BCUT2D eigenvalue weighted by atomic mass is 32.2. The van der Waals surface area contributed by atoms with Crippen LogP contribution in [0.5, 0.6) is 5.75 Å². The smallest absolute Gasteiger partial charge is 0.406 e. The highest BCUT2D eigenvalue weighted by molar-refractivity contribution is 7.90. The van der Waals surface area contributed by atoms with Gasteiger partial charge in [0.1, 0.15) is 15.6 Å². The van der Waals surface area contributed by atoms with Crippen LogP contribution >= 0.6 is 0 Å². The molecular weight excluding hydrogens is 331 g/mol. The standard InChI is InChI=1S/C15H20F3NO3S/c1-23(20,21)11-13-5-3-8-19(13)9-7-12-4-2-6-14(10-12)22-15(16,17)18/h2,4,6,10,13H,3,5,7-9,11H2,1H3/t13-/m1/s1. The van der Waals surface area contributed by atoms with Crippen molar-refractivity contribution in [2.45, 2.75) is 31.7 Å². The van der Waals surface area contributed by atoms with Crippen molar-refractivity contribution in [2.24, 2.45) is 0 Å². The molecule has 23 heavy (non-hydrogen) atoms. The van der Waals surface area contributed by atoms with Gasteiger partial charge < -0.3 is 4.74 Å². The summed E-state index contributed by atoms with van der Waals surface area (Å²) in [7, 11) is -3.04. The summed E-state index contributed by atoms with van der Waals surface area (Å²) in [5, 5.41) is 0. The maximum absolute atomic E-state index is 12.2. The fourth-order valence-corrected chi connectivity index (χ4v) is 3.97. The van der Waals surface area contributed by atoms with Crippen LogP contribution in [-0.2, 0) is 16.3 Å². The Morgan fingerprint density at radius 1 is 1.35 bits per heavy atom. The van der Waals surface area contributed by atoms with Crippen LogP contribution < -0.4 is 4.74 Å². The number of hydrogen-bond acceptors (Lipinski definition) is 4. The minimum absolute atomic E-state index is 0.000363. The van der Waals surface area contributed by atoms with Crippen LogP contribution in [0.3, 0.4) is 0 Å². The number of hydrogen-bond donors (Lipinski definition) is 0. The van der Waals surface area contributed by atoms with Crippen LogP contribution in [0.4, 0.5) is 13.2 Å². The van der Waals surface area contributed by atoms with Gasteiger partial charge in [0.25, 0.3) is 0 Å². The zero-order valence-corrected chi connectivity index (χ0v) is 13.7. The zero-order chi connectivity index (χ0) is 17.1. The van der Waals surface area contributed by atoms with Gasteiger partial charge >= 0.3 is 6.36 Å². The Kier molecular flexibility index (Phi) is 5.57. The molecule has 1 fully saturated rings. The summed E-state index contributed by atoms with van der Waals surface area (Å²) in [6.45, 7) is 1.44. The number of rotatable bonds is 6. The van der Waals surface area contributed by atoms with E-state index in [1.165, 1.54) is 24.5 Å². The van der Waals surface area contributed by atoms with E-state index in [-0.39, 0.29) is 17.5 Å². The van der Waals surface area contributed by atoms with Gasteiger partial charge in [-0.05, 0) is 43.5 Å². The lowest BCUT2D eigenvalue weighted by Crippen LogP contribution is -2.36. The first kappa shape index (κ1) is 18.1. The summed E-state index contributed by atoms with van der Waals surface area (Å²) in [6.07, 6.45) is -1.15. The molecule has 0 unspecified atom stereocenters. The van der Waals surface area contributed by atoms with Gasteiger partial charge in [0.05, 0.1) is 5.75 Å². The van der Waals surface area contributed by atoms with Gasteiger partial charge in [0.2, 0.25) is 0 Å². The van der Waals surface area contributed by atoms with Gasteiger partial charge in [-0.3, -0.25) is 4.90 Å². The molecule has 1 heterocycles. The van der Waals surface area contributed by atoms with Gasteiger partial charge in [-0.2, -0.15) is 0 Å². The molecule has 0 aliphatic carbocycles. The number of ether oxygens (including phenoxy) is 1. The average Bonchev–Trinajstić information content (AvgIpc) is 2.80. The number of nitrogens with zero attached hydrogens (tertiary/aromatic N) is 1. The lowest BCUT2D eigenvalue weighted by molar-refractivity contribution is -0.274. The SMILES string of the molecule is CS(=O)(=O)C[C@H]1CCCN1CCc1cccc(OC(F)(F)F)c1. The largest absolute Gasteiger partial charge is 0.573 e. The third kappa shape index (κ3) is 6.39. The van der Waals surface area contributed by atoms with Gasteiger partial charge in [-0.15, -0.1) is 13.2 Å². The Balaban J connectivity index is 1.94. The van der Waals surface area contributed by atoms with Gasteiger partial charge in [-0.25, -0.2) is 8.42 Å². The van der Waals surface area contributed by atoms with E-state index in [1.807, 2.05) is 0 Å². The summed E-state index contributed by atoms with van der Waals surface area (Å²) in [6, 6.07) is 5.90. The first-order valence-corrected chi connectivity index (χ1v) is 9.45. The first-order chi connectivity index (χ1) is 10.6. The maximum Gasteiger partial charge on any atom is 0.573 e. The molecular formula is C15H20F3NO3S. The Morgan fingerprint density at radius 3 is 2.74 bits per heavy atom. The van der Waals surface area contributed by atoms with Crippen molar-refractivity contribution in [3.05, 3.63) is 29.8 Å². The molecule has 0 bridgehead atoms. The molecule has 1 aromatic rings. The first-order valence-electron chi connectivity index (χ1n) is 7.39. The number of alkyl halides is 3. The molecule has 2 rings (SSSR count). The van der Waals surface area contributed by atoms with Gasteiger partial charge in [0.15, 0.2) is 0 Å². The molecule has 130 valence electrons. The van der Waals surface area contributed by atoms with E-state index >= 15 is 0 Å². The molecule has 0 spiro atoms. The number of sulfone groups is 1. The van der Waals surface area contributed by atoms with Crippen LogP contribution in [0, 0.1) is 0 Å². The van der Waals surface area contributed by atoms with Crippen molar-refractivity contribution in [1.29, 1.82) is 0 Å². The summed E-state index contributed by atoms with van der Waals surface area (Å²) in [4.78, 5) is 2.10. The van der Waals surface area contributed by atoms with Crippen molar-refractivity contribution in [1.82, 2.24) is 4.90 Å².